The molecule has 0 heterocycles. The monoisotopic (exact) mass is 309 g/mol. The number of hydrogen-bond donors (Lipinski definition) is 1. The van der Waals surface area contributed by atoms with E-state index in [9.17, 15) is 0 Å². The highest BCUT2D eigenvalue weighted by atomic mass is 35.5. The van der Waals surface area contributed by atoms with E-state index in [4.69, 9.17) is 28.9 Å². The second-order valence-corrected chi connectivity index (χ2v) is 6.60. The number of fused-ring (bicyclic) bond motifs is 1. The first-order valence-electron chi connectivity index (χ1n) is 6.17. The molecule has 0 saturated carbocycles. The lowest BCUT2D eigenvalue weighted by molar-refractivity contribution is 0.911. The van der Waals surface area contributed by atoms with Gasteiger partial charge in [-0.25, -0.2) is 0 Å². The van der Waals surface area contributed by atoms with Gasteiger partial charge in [-0.15, -0.1) is 0 Å². The van der Waals surface area contributed by atoms with Gasteiger partial charge >= 0.3 is 0 Å². The maximum absolute atomic E-state index is 6.22. The van der Waals surface area contributed by atoms with Crippen LogP contribution in [0.25, 0.3) is 0 Å². The van der Waals surface area contributed by atoms with Gasteiger partial charge in [0.25, 0.3) is 0 Å². The van der Waals surface area contributed by atoms with Crippen molar-refractivity contribution in [3.8, 4) is 0 Å². The van der Waals surface area contributed by atoms with E-state index in [1.807, 2.05) is 0 Å². The highest BCUT2D eigenvalue weighted by Crippen LogP contribution is 2.41. The van der Waals surface area contributed by atoms with Gasteiger partial charge in [-0.1, -0.05) is 41.0 Å². The van der Waals surface area contributed by atoms with Gasteiger partial charge in [0.1, 0.15) is 0 Å². The molecule has 98 valence electrons. The Morgan fingerprint density at radius 2 is 1.63 bits per heavy atom. The van der Waals surface area contributed by atoms with Gasteiger partial charge in [0.15, 0.2) is 0 Å². The molecule has 0 atom stereocenters. The summed E-state index contributed by atoms with van der Waals surface area (Å²) in [4.78, 5) is 2.05. The van der Waals surface area contributed by atoms with Gasteiger partial charge in [0, 0.05) is 15.5 Å². The van der Waals surface area contributed by atoms with Crippen molar-refractivity contribution in [2.45, 2.75) is 29.1 Å². The average Bonchev–Trinajstić information content (AvgIpc) is 2.81. The zero-order valence-electron chi connectivity index (χ0n) is 10.2. The van der Waals surface area contributed by atoms with Crippen LogP contribution in [0.15, 0.2) is 40.1 Å². The summed E-state index contributed by atoms with van der Waals surface area (Å²) in [5, 5.41) is 1.21. The molecule has 1 aliphatic rings. The number of aryl methyl sites for hydroxylation is 2. The molecule has 2 aromatic carbocycles. The molecule has 0 aliphatic heterocycles. The van der Waals surface area contributed by atoms with Gasteiger partial charge in [0.2, 0.25) is 0 Å². The Bertz CT molecular complexity index is 617. The number of benzene rings is 2. The van der Waals surface area contributed by atoms with Gasteiger partial charge < -0.3 is 5.73 Å². The molecular weight excluding hydrogens is 297 g/mol. The second-order valence-electron chi connectivity index (χ2n) is 4.70. The summed E-state index contributed by atoms with van der Waals surface area (Å²) in [7, 11) is 0. The van der Waals surface area contributed by atoms with Crippen molar-refractivity contribution < 1.29 is 0 Å². The van der Waals surface area contributed by atoms with Crippen molar-refractivity contribution in [1.82, 2.24) is 0 Å². The maximum Gasteiger partial charge on any atom is 0.0581 e. The van der Waals surface area contributed by atoms with Crippen molar-refractivity contribution in [2.24, 2.45) is 0 Å². The Labute approximate surface area is 127 Å². The maximum atomic E-state index is 6.22. The van der Waals surface area contributed by atoms with Crippen LogP contribution in [-0.4, -0.2) is 0 Å². The van der Waals surface area contributed by atoms with Crippen molar-refractivity contribution in [3.05, 3.63) is 51.5 Å². The smallest absolute Gasteiger partial charge is 0.0581 e. The van der Waals surface area contributed by atoms with Crippen LogP contribution in [0, 0.1) is 0 Å². The highest BCUT2D eigenvalue weighted by Gasteiger charge is 2.13. The molecule has 0 unspecified atom stereocenters. The third-order valence-corrected chi connectivity index (χ3v) is 5.26. The van der Waals surface area contributed by atoms with Crippen LogP contribution < -0.4 is 5.73 Å². The molecule has 0 radical (unpaired) electrons. The molecule has 0 aromatic heterocycles. The summed E-state index contributed by atoms with van der Waals surface area (Å²) in [6.07, 6.45) is 3.63. The minimum absolute atomic E-state index is 0.591. The molecule has 19 heavy (non-hydrogen) atoms. The van der Waals surface area contributed by atoms with Crippen LogP contribution >= 0.6 is 35.0 Å². The van der Waals surface area contributed by atoms with Gasteiger partial charge in [-0.2, -0.15) is 0 Å². The van der Waals surface area contributed by atoms with Crippen LogP contribution in [0.5, 0.6) is 0 Å². The Kier molecular flexibility index (Phi) is 3.66. The van der Waals surface area contributed by atoms with Crippen LogP contribution in [-0.2, 0) is 12.8 Å². The topological polar surface area (TPSA) is 26.0 Å². The molecule has 1 aliphatic carbocycles. The van der Waals surface area contributed by atoms with Crippen molar-refractivity contribution >= 4 is 40.7 Å². The summed E-state index contributed by atoms with van der Waals surface area (Å²) in [5.74, 6) is 0. The normalized spacial score (nSPS) is 13.6. The predicted octanol–water partition coefficient (Wildman–Crippen LogP) is 5.22. The molecule has 1 nitrogen and oxygen atoms in total. The minimum Gasteiger partial charge on any atom is -0.399 e. The van der Waals surface area contributed by atoms with Crippen LogP contribution in [0.1, 0.15) is 17.5 Å². The van der Waals surface area contributed by atoms with E-state index in [-0.39, 0.29) is 0 Å². The summed E-state index contributed by atoms with van der Waals surface area (Å²) in [6, 6.07) is 10.1. The van der Waals surface area contributed by atoms with E-state index < -0.39 is 0 Å². The molecule has 0 fully saturated rings. The zero-order valence-corrected chi connectivity index (χ0v) is 12.6. The minimum atomic E-state index is 0.591. The fourth-order valence-corrected chi connectivity index (χ4v) is 4.03. The van der Waals surface area contributed by atoms with Crippen LogP contribution in [0.2, 0.25) is 10.0 Å². The molecule has 0 saturated heterocycles. The molecular formula is C15H13Cl2NS. The fraction of sp³-hybridized carbons (Fsp3) is 0.200. The molecule has 2 aromatic rings. The first-order chi connectivity index (χ1) is 9.13. The van der Waals surface area contributed by atoms with Crippen molar-refractivity contribution in [2.75, 3.05) is 5.73 Å². The zero-order chi connectivity index (χ0) is 13.4. The highest BCUT2D eigenvalue weighted by molar-refractivity contribution is 7.99. The lowest BCUT2D eigenvalue weighted by atomic mass is 10.1. The fourth-order valence-electron chi connectivity index (χ4n) is 2.41. The Balaban J connectivity index is 1.93. The van der Waals surface area contributed by atoms with E-state index in [0.717, 1.165) is 4.90 Å². The lowest BCUT2D eigenvalue weighted by Crippen LogP contribution is -1.87. The number of halogens is 2. The molecule has 3 rings (SSSR count). The molecule has 0 spiro atoms. The molecule has 2 N–H and O–H groups in total. The largest absolute Gasteiger partial charge is 0.399 e. The Morgan fingerprint density at radius 3 is 2.37 bits per heavy atom. The number of nitrogens with two attached hydrogens (primary N) is 1. The third kappa shape index (κ3) is 2.71. The number of rotatable bonds is 2. The third-order valence-electron chi connectivity index (χ3n) is 3.31. The van der Waals surface area contributed by atoms with E-state index in [2.05, 4.69) is 18.2 Å². The van der Waals surface area contributed by atoms with Gasteiger partial charge in [0.05, 0.1) is 10.0 Å². The van der Waals surface area contributed by atoms with E-state index in [1.54, 1.807) is 23.9 Å². The molecule has 4 heteroatoms. The Hall–Kier alpha value is -0.830. The molecule has 0 amide bonds. The predicted molar refractivity (Wildman–Crippen MR) is 83.5 cm³/mol. The SMILES string of the molecule is Nc1cc(Cl)c(Sc2ccc3c(c2)CCC3)c(Cl)c1. The number of nitrogen functional groups attached to an aromatic ring is 1. The van der Waals surface area contributed by atoms with Crippen molar-refractivity contribution in [3.63, 3.8) is 0 Å². The summed E-state index contributed by atoms with van der Waals surface area (Å²) in [5.41, 5.74) is 9.23. The lowest BCUT2D eigenvalue weighted by Gasteiger charge is -2.09. The summed E-state index contributed by atoms with van der Waals surface area (Å²) < 4.78 is 0. The van der Waals surface area contributed by atoms with E-state index in [0.29, 0.717) is 15.7 Å². The standard InChI is InChI=1S/C15H13Cl2NS/c16-13-7-11(18)8-14(17)15(13)19-12-5-4-9-2-1-3-10(9)6-12/h4-8H,1-3,18H2. The first kappa shape index (κ1) is 13.2. The quantitative estimate of drug-likeness (QED) is 0.770. The van der Waals surface area contributed by atoms with E-state index in [1.165, 1.54) is 35.3 Å². The summed E-state index contributed by atoms with van der Waals surface area (Å²) >= 11 is 14.0. The van der Waals surface area contributed by atoms with Gasteiger partial charge in [-0.05, 0) is 54.7 Å². The van der Waals surface area contributed by atoms with Crippen molar-refractivity contribution in [1.29, 1.82) is 0 Å². The van der Waals surface area contributed by atoms with Crippen LogP contribution in [0.4, 0.5) is 5.69 Å². The van der Waals surface area contributed by atoms with Crippen LogP contribution in [0.3, 0.4) is 0 Å². The molecule has 0 bridgehead atoms. The Morgan fingerprint density at radius 1 is 0.947 bits per heavy atom. The first-order valence-corrected chi connectivity index (χ1v) is 7.75. The number of anilines is 1. The van der Waals surface area contributed by atoms with Gasteiger partial charge in [-0.3, -0.25) is 0 Å². The van der Waals surface area contributed by atoms with E-state index >= 15 is 0 Å². The average molecular weight is 310 g/mol. The summed E-state index contributed by atoms with van der Waals surface area (Å²) in [6.45, 7) is 0. The number of hydrogen-bond acceptors (Lipinski definition) is 2. The second kappa shape index (κ2) is 5.28.